The Morgan fingerprint density at radius 2 is 2.04 bits per heavy atom. The van der Waals surface area contributed by atoms with Crippen molar-refractivity contribution >= 4 is 55.9 Å². The molecule has 0 atom stereocenters. The van der Waals surface area contributed by atoms with Crippen LogP contribution < -0.4 is 10.1 Å². The molecule has 0 unspecified atom stereocenters. The average molecular weight is 462 g/mol. The fourth-order valence-corrected chi connectivity index (χ4v) is 3.71. The first-order chi connectivity index (χ1) is 12.2. The van der Waals surface area contributed by atoms with Gasteiger partial charge in [0.25, 0.3) is 5.91 Å². The molecule has 0 spiro atoms. The maximum Gasteiger partial charge on any atom is 0.350 e. The van der Waals surface area contributed by atoms with Gasteiger partial charge in [-0.25, -0.2) is 9.78 Å². The minimum atomic E-state index is -0.449. The van der Waals surface area contributed by atoms with Gasteiger partial charge in [-0.05, 0) is 60.8 Å². The molecular formula is C17H18BrClN2O4S. The summed E-state index contributed by atoms with van der Waals surface area (Å²) in [6, 6.07) is 1.76. The van der Waals surface area contributed by atoms with Crippen LogP contribution in [0.25, 0.3) is 0 Å². The molecule has 1 N–H and O–H groups in total. The Kier molecular flexibility index (Phi) is 7.02. The lowest BCUT2D eigenvalue weighted by molar-refractivity contribution is -0.118. The van der Waals surface area contributed by atoms with Gasteiger partial charge >= 0.3 is 5.97 Å². The number of benzene rings is 1. The number of halogens is 2. The van der Waals surface area contributed by atoms with Gasteiger partial charge in [-0.2, -0.15) is 0 Å². The maximum atomic E-state index is 12.1. The highest BCUT2D eigenvalue weighted by Crippen LogP contribution is 2.35. The lowest BCUT2D eigenvalue weighted by atomic mass is 10.1. The van der Waals surface area contributed by atoms with Gasteiger partial charge in [0.05, 0.1) is 16.8 Å². The van der Waals surface area contributed by atoms with Crippen LogP contribution in [-0.4, -0.2) is 30.1 Å². The van der Waals surface area contributed by atoms with Crippen molar-refractivity contribution in [2.24, 2.45) is 0 Å². The molecule has 1 amide bonds. The van der Waals surface area contributed by atoms with Crippen molar-refractivity contribution in [3.05, 3.63) is 37.3 Å². The second kappa shape index (κ2) is 8.83. The molecule has 0 aliphatic carbocycles. The van der Waals surface area contributed by atoms with Gasteiger partial charge in [-0.1, -0.05) is 22.9 Å². The molecule has 0 saturated heterocycles. The number of nitrogens with zero attached hydrogens (tertiary/aromatic N) is 1. The zero-order valence-electron chi connectivity index (χ0n) is 14.7. The summed E-state index contributed by atoms with van der Waals surface area (Å²) in [7, 11) is 0. The zero-order valence-corrected chi connectivity index (χ0v) is 17.9. The van der Waals surface area contributed by atoms with Crippen LogP contribution in [0.5, 0.6) is 5.75 Å². The minimum Gasteiger partial charge on any atom is -0.483 e. The summed E-state index contributed by atoms with van der Waals surface area (Å²) in [6.45, 7) is 7.22. The summed E-state index contributed by atoms with van der Waals surface area (Å²) in [5.41, 5.74) is 2.21. The number of nitrogens with one attached hydrogen (secondary N) is 1. The number of thiazole rings is 1. The monoisotopic (exact) mass is 460 g/mol. The standard InChI is InChI=1S/C17H18BrClN2O4S/c1-5-24-16(23)15-10(4)20-17(26-15)21-12(22)7-25-11-6-8(2)14(19)9(3)13(11)18/h6H,5,7H2,1-4H3,(H,20,21,22). The number of aromatic nitrogens is 1. The molecule has 0 radical (unpaired) electrons. The fourth-order valence-electron chi connectivity index (χ4n) is 2.14. The van der Waals surface area contributed by atoms with Crippen LogP contribution >= 0.6 is 38.9 Å². The van der Waals surface area contributed by atoms with Gasteiger partial charge < -0.3 is 9.47 Å². The van der Waals surface area contributed by atoms with E-state index in [1.54, 1.807) is 19.9 Å². The Balaban J connectivity index is 2.02. The molecule has 0 bridgehead atoms. The van der Waals surface area contributed by atoms with E-state index in [1.807, 2.05) is 13.8 Å². The van der Waals surface area contributed by atoms with Gasteiger partial charge in [0.15, 0.2) is 11.7 Å². The zero-order chi connectivity index (χ0) is 19.4. The smallest absolute Gasteiger partial charge is 0.350 e. The third-order valence-electron chi connectivity index (χ3n) is 3.43. The number of aryl methyl sites for hydroxylation is 2. The van der Waals surface area contributed by atoms with E-state index < -0.39 is 5.97 Å². The third kappa shape index (κ3) is 4.75. The summed E-state index contributed by atoms with van der Waals surface area (Å²) < 4.78 is 11.2. The van der Waals surface area contributed by atoms with Crippen molar-refractivity contribution in [1.29, 1.82) is 0 Å². The molecule has 1 aromatic heterocycles. The van der Waals surface area contributed by atoms with E-state index in [4.69, 9.17) is 21.1 Å². The Bertz CT molecular complexity index is 854. The van der Waals surface area contributed by atoms with Crippen LogP contribution in [0.3, 0.4) is 0 Å². The quantitative estimate of drug-likeness (QED) is 0.632. The topological polar surface area (TPSA) is 77.5 Å². The Hall–Kier alpha value is -1.64. The summed E-state index contributed by atoms with van der Waals surface area (Å²) >= 11 is 10.7. The molecule has 0 aliphatic rings. The summed E-state index contributed by atoms with van der Waals surface area (Å²) in [6.07, 6.45) is 0. The van der Waals surface area contributed by atoms with E-state index in [9.17, 15) is 9.59 Å². The van der Waals surface area contributed by atoms with Crippen LogP contribution in [-0.2, 0) is 9.53 Å². The maximum absolute atomic E-state index is 12.1. The molecule has 6 nitrogen and oxygen atoms in total. The summed E-state index contributed by atoms with van der Waals surface area (Å²) in [4.78, 5) is 28.5. The number of carbonyl (C=O) groups excluding carboxylic acids is 2. The number of carbonyl (C=O) groups is 2. The lowest BCUT2D eigenvalue weighted by Gasteiger charge is -2.12. The van der Waals surface area contributed by atoms with Crippen LogP contribution in [0.2, 0.25) is 5.02 Å². The average Bonchev–Trinajstić information content (AvgIpc) is 2.95. The van der Waals surface area contributed by atoms with Gasteiger partial charge in [-0.15, -0.1) is 0 Å². The largest absolute Gasteiger partial charge is 0.483 e. The van der Waals surface area contributed by atoms with E-state index in [1.165, 1.54) is 0 Å². The van der Waals surface area contributed by atoms with Crippen LogP contribution in [0, 0.1) is 20.8 Å². The molecule has 0 fully saturated rings. The van der Waals surface area contributed by atoms with Gasteiger partial charge in [0, 0.05) is 5.02 Å². The van der Waals surface area contributed by atoms with Crippen molar-refractivity contribution in [2.45, 2.75) is 27.7 Å². The Morgan fingerprint density at radius 3 is 2.69 bits per heavy atom. The van der Waals surface area contributed by atoms with Crippen molar-refractivity contribution in [3.8, 4) is 5.75 Å². The summed E-state index contributed by atoms with van der Waals surface area (Å²) in [5, 5.41) is 3.60. The van der Waals surface area contributed by atoms with Crippen LogP contribution in [0.4, 0.5) is 5.13 Å². The lowest BCUT2D eigenvalue weighted by Crippen LogP contribution is -2.20. The second-order valence-electron chi connectivity index (χ2n) is 5.44. The Morgan fingerprint density at radius 1 is 1.35 bits per heavy atom. The normalized spacial score (nSPS) is 10.5. The second-order valence-corrected chi connectivity index (χ2v) is 7.61. The molecule has 9 heteroatoms. The Labute approximate surface area is 169 Å². The molecular weight excluding hydrogens is 444 g/mol. The molecule has 2 rings (SSSR count). The van der Waals surface area contributed by atoms with E-state index >= 15 is 0 Å². The SMILES string of the molecule is CCOC(=O)c1sc(NC(=O)COc2cc(C)c(Cl)c(C)c2Br)nc1C. The van der Waals surface area contributed by atoms with E-state index in [2.05, 4.69) is 26.2 Å². The fraction of sp³-hybridized carbons (Fsp3) is 0.353. The molecule has 26 heavy (non-hydrogen) atoms. The number of esters is 1. The van der Waals surface area contributed by atoms with Crippen molar-refractivity contribution < 1.29 is 19.1 Å². The highest BCUT2D eigenvalue weighted by Gasteiger charge is 2.18. The first-order valence-electron chi connectivity index (χ1n) is 7.77. The number of hydrogen-bond donors (Lipinski definition) is 1. The predicted octanol–water partition coefficient (Wildman–Crippen LogP) is 4.68. The highest BCUT2D eigenvalue weighted by atomic mass is 79.9. The predicted molar refractivity (Wildman–Crippen MR) is 106 cm³/mol. The molecule has 2 aromatic rings. The van der Waals surface area contributed by atoms with E-state index in [-0.39, 0.29) is 19.1 Å². The molecule has 1 aromatic carbocycles. The van der Waals surface area contributed by atoms with Crippen molar-refractivity contribution in [3.63, 3.8) is 0 Å². The van der Waals surface area contributed by atoms with Gasteiger partial charge in [0.2, 0.25) is 0 Å². The van der Waals surface area contributed by atoms with E-state index in [0.717, 1.165) is 22.5 Å². The van der Waals surface area contributed by atoms with E-state index in [0.29, 0.717) is 30.9 Å². The molecule has 140 valence electrons. The molecule has 1 heterocycles. The number of rotatable bonds is 6. The number of anilines is 1. The number of amides is 1. The van der Waals surface area contributed by atoms with Crippen LogP contribution in [0.1, 0.15) is 33.4 Å². The first kappa shape index (κ1) is 20.7. The summed E-state index contributed by atoms with van der Waals surface area (Å²) in [5.74, 6) is -0.302. The number of hydrogen-bond acceptors (Lipinski definition) is 6. The van der Waals surface area contributed by atoms with Gasteiger partial charge in [0.1, 0.15) is 10.6 Å². The highest BCUT2D eigenvalue weighted by molar-refractivity contribution is 9.10. The molecule has 0 aliphatic heterocycles. The van der Waals surface area contributed by atoms with Crippen molar-refractivity contribution in [1.82, 2.24) is 4.98 Å². The first-order valence-corrected chi connectivity index (χ1v) is 9.75. The third-order valence-corrected chi connectivity index (χ3v) is 6.05. The van der Waals surface area contributed by atoms with Crippen molar-refractivity contribution in [2.75, 3.05) is 18.5 Å². The minimum absolute atomic E-state index is 0.202. The molecule has 0 saturated carbocycles. The number of ether oxygens (including phenoxy) is 2. The van der Waals surface area contributed by atoms with Gasteiger partial charge in [-0.3, -0.25) is 10.1 Å². The van der Waals surface area contributed by atoms with Crippen LogP contribution in [0.15, 0.2) is 10.5 Å².